The number of hydrogen-bond donors (Lipinski definition) is 1. The lowest BCUT2D eigenvalue weighted by Crippen LogP contribution is -2.32. The van der Waals surface area contributed by atoms with Crippen LogP contribution in [0.4, 0.5) is 0 Å². The summed E-state index contributed by atoms with van der Waals surface area (Å²) in [5.74, 6) is 0. The van der Waals surface area contributed by atoms with Crippen LogP contribution in [0.15, 0.2) is 43.0 Å². The molecule has 1 aromatic heterocycles. The van der Waals surface area contributed by atoms with E-state index in [2.05, 4.69) is 47.7 Å². The Balaban J connectivity index is 2.37. The zero-order valence-corrected chi connectivity index (χ0v) is 10.4. The van der Waals surface area contributed by atoms with Gasteiger partial charge in [0.15, 0.2) is 0 Å². The number of benzene rings is 1. The molecule has 3 heteroatoms. The minimum Gasteiger partial charge on any atom is -0.328 e. The van der Waals surface area contributed by atoms with Crippen LogP contribution in [0.3, 0.4) is 0 Å². The lowest BCUT2D eigenvalue weighted by atomic mass is 9.97. The van der Waals surface area contributed by atoms with Crippen LogP contribution in [0, 0.1) is 6.92 Å². The summed E-state index contributed by atoms with van der Waals surface area (Å²) in [5.41, 5.74) is 8.74. The Morgan fingerprint density at radius 3 is 2.53 bits per heavy atom. The number of nitrogens with zero attached hydrogens (tertiary/aromatic N) is 2. The molecule has 2 aromatic rings. The number of rotatable bonds is 4. The zero-order chi connectivity index (χ0) is 12.3. The van der Waals surface area contributed by atoms with Crippen LogP contribution in [-0.4, -0.2) is 15.6 Å². The van der Waals surface area contributed by atoms with E-state index < -0.39 is 0 Å². The second-order valence-corrected chi connectivity index (χ2v) is 4.44. The normalized spacial score (nSPS) is 14.5. The number of aromatic nitrogens is 2. The number of nitrogens with two attached hydrogens (primary N) is 1. The predicted molar refractivity (Wildman–Crippen MR) is 69.8 cm³/mol. The molecule has 0 bridgehead atoms. The van der Waals surface area contributed by atoms with Gasteiger partial charge in [0, 0.05) is 18.4 Å². The van der Waals surface area contributed by atoms with Crippen molar-refractivity contribution in [2.24, 2.45) is 5.73 Å². The predicted octanol–water partition coefficient (Wildman–Crippen LogP) is 2.52. The molecule has 2 atom stereocenters. The van der Waals surface area contributed by atoms with Crippen molar-refractivity contribution in [1.29, 1.82) is 0 Å². The molecule has 0 amide bonds. The van der Waals surface area contributed by atoms with Crippen LogP contribution in [0.25, 0.3) is 0 Å². The van der Waals surface area contributed by atoms with Gasteiger partial charge in [-0.1, -0.05) is 36.8 Å². The molecule has 0 saturated carbocycles. The van der Waals surface area contributed by atoms with Gasteiger partial charge in [-0.15, -0.1) is 0 Å². The van der Waals surface area contributed by atoms with Crippen molar-refractivity contribution in [3.05, 3.63) is 54.1 Å². The number of aryl methyl sites for hydroxylation is 1. The summed E-state index contributed by atoms with van der Waals surface area (Å²) in [6, 6.07) is 8.82. The molecule has 17 heavy (non-hydrogen) atoms. The van der Waals surface area contributed by atoms with Crippen molar-refractivity contribution in [3.8, 4) is 0 Å². The van der Waals surface area contributed by atoms with Gasteiger partial charge in [0.2, 0.25) is 0 Å². The summed E-state index contributed by atoms with van der Waals surface area (Å²) in [6.45, 7) is 4.21. The van der Waals surface area contributed by atoms with Crippen LogP contribution in [0.1, 0.15) is 30.5 Å². The first-order valence-corrected chi connectivity index (χ1v) is 6.02. The molecule has 0 spiro atoms. The molecule has 0 saturated heterocycles. The maximum atomic E-state index is 6.23. The van der Waals surface area contributed by atoms with E-state index in [1.165, 1.54) is 11.1 Å². The summed E-state index contributed by atoms with van der Waals surface area (Å²) < 4.78 is 2.08. The van der Waals surface area contributed by atoms with Crippen LogP contribution in [0.2, 0.25) is 0 Å². The smallest absolute Gasteiger partial charge is 0.0952 e. The van der Waals surface area contributed by atoms with E-state index in [4.69, 9.17) is 5.73 Å². The second-order valence-electron chi connectivity index (χ2n) is 4.44. The summed E-state index contributed by atoms with van der Waals surface area (Å²) in [7, 11) is 0. The highest BCUT2D eigenvalue weighted by Crippen LogP contribution is 2.22. The lowest BCUT2D eigenvalue weighted by molar-refractivity contribution is 0.458. The van der Waals surface area contributed by atoms with Gasteiger partial charge in [0.25, 0.3) is 0 Å². The third-order valence-electron chi connectivity index (χ3n) is 3.14. The van der Waals surface area contributed by atoms with Crippen LogP contribution < -0.4 is 5.73 Å². The van der Waals surface area contributed by atoms with E-state index in [1.54, 1.807) is 6.20 Å². The second kappa shape index (κ2) is 5.15. The van der Waals surface area contributed by atoms with E-state index in [1.807, 2.05) is 12.5 Å². The molecule has 0 aliphatic carbocycles. The van der Waals surface area contributed by atoms with Gasteiger partial charge in [-0.2, -0.15) is 0 Å². The molecular formula is C14H19N3. The first kappa shape index (κ1) is 11.9. The van der Waals surface area contributed by atoms with Crippen molar-refractivity contribution in [1.82, 2.24) is 9.55 Å². The zero-order valence-electron chi connectivity index (χ0n) is 10.4. The molecule has 1 heterocycles. The minimum absolute atomic E-state index is 0.104. The Morgan fingerprint density at radius 2 is 2.00 bits per heavy atom. The largest absolute Gasteiger partial charge is 0.328 e. The van der Waals surface area contributed by atoms with Crippen molar-refractivity contribution in [2.45, 2.75) is 32.4 Å². The van der Waals surface area contributed by atoms with Gasteiger partial charge in [-0.05, 0) is 18.9 Å². The maximum Gasteiger partial charge on any atom is 0.0952 e. The van der Waals surface area contributed by atoms with Gasteiger partial charge in [-0.3, -0.25) is 0 Å². The highest BCUT2D eigenvalue weighted by molar-refractivity contribution is 5.26. The van der Waals surface area contributed by atoms with E-state index in [0.29, 0.717) is 0 Å². The van der Waals surface area contributed by atoms with Crippen molar-refractivity contribution >= 4 is 0 Å². The molecule has 1 aromatic carbocycles. The van der Waals surface area contributed by atoms with Crippen LogP contribution in [-0.2, 0) is 0 Å². The fourth-order valence-corrected chi connectivity index (χ4v) is 2.06. The SMILES string of the molecule is CCC(N)C(c1ccc(C)cc1)n1ccnc1. The Labute approximate surface area is 102 Å². The molecular weight excluding hydrogens is 210 g/mol. The monoisotopic (exact) mass is 229 g/mol. The third-order valence-corrected chi connectivity index (χ3v) is 3.14. The summed E-state index contributed by atoms with van der Waals surface area (Å²) in [5, 5.41) is 0. The van der Waals surface area contributed by atoms with Crippen LogP contribution >= 0.6 is 0 Å². The Bertz CT molecular complexity index is 445. The highest BCUT2D eigenvalue weighted by Gasteiger charge is 2.19. The minimum atomic E-state index is 0.104. The molecule has 2 N–H and O–H groups in total. The molecule has 90 valence electrons. The standard InChI is InChI=1S/C14H19N3/c1-3-13(15)14(17-9-8-16-10-17)12-6-4-11(2)5-7-12/h4-10,13-14H,3,15H2,1-2H3. The lowest BCUT2D eigenvalue weighted by Gasteiger charge is -2.24. The van der Waals surface area contributed by atoms with E-state index in [-0.39, 0.29) is 12.1 Å². The fourth-order valence-electron chi connectivity index (χ4n) is 2.06. The molecule has 3 nitrogen and oxygen atoms in total. The molecule has 0 fully saturated rings. The molecule has 2 unspecified atom stereocenters. The van der Waals surface area contributed by atoms with Crippen LogP contribution in [0.5, 0.6) is 0 Å². The van der Waals surface area contributed by atoms with Gasteiger partial charge in [-0.25, -0.2) is 4.98 Å². The van der Waals surface area contributed by atoms with Crippen molar-refractivity contribution in [3.63, 3.8) is 0 Å². The van der Waals surface area contributed by atoms with Gasteiger partial charge >= 0.3 is 0 Å². The van der Waals surface area contributed by atoms with Gasteiger partial charge in [0.05, 0.1) is 12.4 Å². The summed E-state index contributed by atoms with van der Waals surface area (Å²) in [6.07, 6.45) is 6.54. The quantitative estimate of drug-likeness (QED) is 0.875. The summed E-state index contributed by atoms with van der Waals surface area (Å²) in [4.78, 5) is 4.11. The summed E-state index contributed by atoms with van der Waals surface area (Å²) >= 11 is 0. The topological polar surface area (TPSA) is 43.8 Å². The van der Waals surface area contributed by atoms with Crippen molar-refractivity contribution in [2.75, 3.05) is 0 Å². The third kappa shape index (κ3) is 2.56. The maximum absolute atomic E-state index is 6.23. The number of hydrogen-bond acceptors (Lipinski definition) is 2. The van der Waals surface area contributed by atoms with E-state index in [9.17, 15) is 0 Å². The first-order valence-electron chi connectivity index (χ1n) is 6.02. The van der Waals surface area contributed by atoms with E-state index in [0.717, 1.165) is 6.42 Å². The highest BCUT2D eigenvalue weighted by atomic mass is 15.1. The van der Waals surface area contributed by atoms with Gasteiger partial charge < -0.3 is 10.3 Å². The molecule has 2 rings (SSSR count). The average Bonchev–Trinajstić information content (AvgIpc) is 2.85. The van der Waals surface area contributed by atoms with Gasteiger partial charge in [0.1, 0.15) is 0 Å². The van der Waals surface area contributed by atoms with Crippen molar-refractivity contribution < 1.29 is 0 Å². The first-order chi connectivity index (χ1) is 8.22. The average molecular weight is 229 g/mol. The Hall–Kier alpha value is -1.61. The number of imidazole rings is 1. The Kier molecular flexibility index (Phi) is 3.59. The fraction of sp³-hybridized carbons (Fsp3) is 0.357. The molecule has 0 aliphatic heterocycles. The molecule has 0 radical (unpaired) electrons. The molecule has 0 aliphatic rings. The van der Waals surface area contributed by atoms with E-state index >= 15 is 0 Å². The Morgan fingerprint density at radius 1 is 1.29 bits per heavy atom.